The monoisotopic (exact) mass is 260 g/mol. The van der Waals surface area contributed by atoms with Crippen molar-refractivity contribution < 1.29 is 18.7 Å². The molecule has 0 N–H and O–H groups in total. The predicted molar refractivity (Wildman–Crippen MR) is 66.6 cm³/mol. The van der Waals surface area contributed by atoms with Gasteiger partial charge in [0, 0.05) is 12.0 Å². The number of hydrogen-bond donors (Lipinski definition) is 0. The van der Waals surface area contributed by atoms with Gasteiger partial charge in [-0.15, -0.1) is 0 Å². The molecule has 2 saturated heterocycles. The summed E-state index contributed by atoms with van der Waals surface area (Å²) in [5, 5.41) is 0. The van der Waals surface area contributed by atoms with Crippen molar-refractivity contribution in [2.75, 3.05) is 0 Å². The Hall–Kier alpha value is -1.55. The molecule has 1 aromatic heterocycles. The van der Waals surface area contributed by atoms with Crippen LogP contribution in [0.15, 0.2) is 22.3 Å². The lowest BCUT2D eigenvalue weighted by atomic mass is 9.91. The molecule has 0 amide bonds. The van der Waals surface area contributed by atoms with Crippen molar-refractivity contribution in [2.45, 2.75) is 50.9 Å². The minimum absolute atomic E-state index is 0.123. The van der Waals surface area contributed by atoms with E-state index in [2.05, 4.69) is 13.0 Å². The summed E-state index contributed by atoms with van der Waals surface area (Å²) >= 11 is 0. The lowest BCUT2D eigenvalue weighted by molar-refractivity contribution is -0.154. The summed E-state index contributed by atoms with van der Waals surface area (Å²) in [6.07, 6.45) is 5.84. The Morgan fingerprint density at radius 1 is 1.37 bits per heavy atom. The lowest BCUT2D eigenvalue weighted by Gasteiger charge is -2.13. The molecule has 3 aliphatic rings. The van der Waals surface area contributed by atoms with Crippen molar-refractivity contribution in [3.63, 3.8) is 0 Å². The molecule has 4 heteroatoms. The van der Waals surface area contributed by atoms with Gasteiger partial charge in [0.25, 0.3) is 0 Å². The van der Waals surface area contributed by atoms with Crippen LogP contribution < -0.4 is 0 Å². The van der Waals surface area contributed by atoms with Crippen molar-refractivity contribution in [1.82, 2.24) is 0 Å². The Kier molecular flexibility index (Phi) is 2.09. The second kappa shape index (κ2) is 3.51. The molecule has 3 heterocycles. The molecule has 0 saturated carbocycles. The number of ether oxygens (including phenoxy) is 2. The van der Waals surface area contributed by atoms with E-state index in [-0.39, 0.29) is 18.2 Å². The fourth-order valence-corrected chi connectivity index (χ4v) is 3.34. The molecule has 100 valence electrons. The third-order valence-corrected chi connectivity index (χ3v) is 4.43. The van der Waals surface area contributed by atoms with Gasteiger partial charge in [0.05, 0.1) is 6.26 Å². The van der Waals surface area contributed by atoms with Gasteiger partial charge < -0.3 is 13.9 Å². The molecule has 0 spiro atoms. The highest BCUT2D eigenvalue weighted by Gasteiger charge is 2.73. The average molecular weight is 260 g/mol. The van der Waals surface area contributed by atoms with E-state index in [1.165, 1.54) is 5.57 Å². The van der Waals surface area contributed by atoms with E-state index in [4.69, 9.17) is 13.9 Å². The van der Waals surface area contributed by atoms with Crippen LogP contribution >= 0.6 is 0 Å². The summed E-state index contributed by atoms with van der Waals surface area (Å²) in [5.74, 6) is 0.694. The van der Waals surface area contributed by atoms with Crippen LogP contribution in [-0.4, -0.2) is 17.7 Å². The molecule has 2 aliphatic heterocycles. The van der Waals surface area contributed by atoms with E-state index >= 15 is 0 Å². The molecule has 1 aromatic rings. The summed E-state index contributed by atoms with van der Waals surface area (Å²) in [7, 11) is 0. The van der Waals surface area contributed by atoms with Crippen LogP contribution in [0.25, 0.3) is 0 Å². The highest BCUT2D eigenvalue weighted by Crippen LogP contribution is 2.57. The van der Waals surface area contributed by atoms with Crippen molar-refractivity contribution >= 4 is 5.97 Å². The van der Waals surface area contributed by atoms with Gasteiger partial charge in [-0.05, 0) is 32.3 Å². The Bertz CT molecular complexity index is 597. The number of epoxide rings is 1. The van der Waals surface area contributed by atoms with Gasteiger partial charge in [-0.25, -0.2) is 4.79 Å². The van der Waals surface area contributed by atoms with Gasteiger partial charge >= 0.3 is 5.97 Å². The van der Waals surface area contributed by atoms with E-state index in [0.29, 0.717) is 0 Å². The van der Waals surface area contributed by atoms with E-state index in [0.717, 1.165) is 36.1 Å². The Balaban J connectivity index is 1.85. The first-order valence-electron chi connectivity index (χ1n) is 6.73. The summed E-state index contributed by atoms with van der Waals surface area (Å²) in [6.45, 7) is 4.08. The van der Waals surface area contributed by atoms with Crippen LogP contribution in [0.4, 0.5) is 0 Å². The number of carbonyl (C=O) groups excluding carboxylic acids is 1. The SMILES string of the molecule is CC1=CCCC23O[C@@H]2[C@@H](OC3=O)c2c(C)coc2C1. The molecule has 19 heavy (non-hydrogen) atoms. The van der Waals surface area contributed by atoms with Gasteiger partial charge in [-0.2, -0.15) is 0 Å². The molecule has 0 radical (unpaired) electrons. The number of esters is 1. The molecule has 3 atom stereocenters. The van der Waals surface area contributed by atoms with Crippen LogP contribution in [0.1, 0.15) is 42.8 Å². The highest BCUT2D eigenvalue weighted by molar-refractivity contribution is 5.87. The van der Waals surface area contributed by atoms with E-state index in [9.17, 15) is 4.79 Å². The molecule has 0 aromatic carbocycles. The molecule has 4 rings (SSSR count). The normalized spacial score (nSPS) is 36.1. The first-order valence-corrected chi connectivity index (χ1v) is 6.73. The summed E-state index contributed by atoms with van der Waals surface area (Å²) in [4.78, 5) is 12.1. The first-order chi connectivity index (χ1) is 9.12. The smallest absolute Gasteiger partial charge is 0.342 e. The fraction of sp³-hybridized carbons (Fsp3) is 0.533. The van der Waals surface area contributed by atoms with Gasteiger partial charge in [0.2, 0.25) is 0 Å². The Morgan fingerprint density at radius 3 is 3.00 bits per heavy atom. The van der Waals surface area contributed by atoms with Crippen LogP contribution in [-0.2, 0) is 20.7 Å². The second-order valence-corrected chi connectivity index (χ2v) is 5.78. The zero-order valence-corrected chi connectivity index (χ0v) is 11.1. The predicted octanol–water partition coefficient (Wildman–Crippen LogP) is 2.61. The van der Waals surface area contributed by atoms with Gasteiger partial charge in [0.1, 0.15) is 11.9 Å². The summed E-state index contributed by atoms with van der Waals surface area (Å²) in [5.41, 5.74) is 2.62. The average Bonchev–Trinajstić information content (AvgIpc) is 2.91. The number of hydrogen-bond acceptors (Lipinski definition) is 4. The quantitative estimate of drug-likeness (QED) is 0.409. The molecular formula is C15H16O4. The number of rotatable bonds is 0. The molecule has 2 bridgehead atoms. The van der Waals surface area contributed by atoms with Crippen LogP contribution in [0.3, 0.4) is 0 Å². The molecule has 1 aliphatic carbocycles. The molecule has 1 unspecified atom stereocenters. The number of aryl methyl sites for hydroxylation is 1. The summed E-state index contributed by atoms with van der Waals surface area (Å²) in [6, 6.07) is 0. The van der Waals surface area contributed by atoms with Crippen LogP contribution in [0.2, 0.25) is 0 Å². The van der Waals surface area contributed by atoms with Crippen molar-refractivity contribution in [2.24, 2.45) is 0 Å². The standard InChI is InChI=1S/C15H16O4/c1-8-4-3-5-15-13(19-15)12(18-14(15)16)11-9(2)7-17-10(11)6-8/h4,7,12-13H,3,5-6H2,1-2H3/t12-,13+,15?/m0/s1. The maximum absolute atomic E-state index is 12.1. The molecular weight excluding hydrogens is 244 g/mol. The van der Waals surface area contributed by atoms with Crippen LogP contribution in [0, 0.1) is 6.92 Å². The van der Waals surface area contributed by atoms with E-state index in [1.54, 1.807) is 6.26 Å². The second-order valence-electron chi connectivity index (χ2n) is 5.78. The van der Waals surface area contributed by atoms with Gasteiger partial charge in [0.15, 0.2) is 11.7 Å². The minimum atomic E-state index is -0.681. The van der Waals surface area contributed by atoms with Gasteiger partial charge in [-0.3, -0.25) is 0 Å². The maximum atomic E-state index is 12.1. The number of allylic oxidation sites excluding steroid dienone is 2. The molecule has 4 nitrogen and oxygen atoms in total. The zero-order chi connectivity index (χ0) is 13.2. The lowest BCUT2D eigenvalue weighted by Crippen LogP contribution is -2.22. The minimum Gasteiger partial charge on any atom is -0.468 e. The van der Waals surface area contributed by atoms with Crippen LogP contribution in [0.5, 0.6) is 0 Å². The van der Waals surface area contributed by atoms with E-state index in [1.807, 2.05) is 6.92 Å². The first kappa shape index (κ1) is 11.3. The Morgan fingerprint density at radius 2 is 2.21 bits per heavy atom. The number of fused-ring (bicyclic) bond motifs is 2. The number of carbonyl (C=O) groups is 1. The zero-order valence-electron chi connectivity index (χ0n) is 11.1. The molecule has 2 fully saturated rings. The number of furan rings is 1. The maximum Gasteiger partial charge on any atom is 0.342 e. The Labute approximate surface area is 111 Å². The van der Waals surface area contributed by atoms with Crippen molar-refractivity contribution in [3.05, 3.63) is 34.8 Å². The largest absolute Gasteiger partial charge is 0.468 e. The van der Waals surface area contributed by atoms with Gasteiger partial charge in [-0.1, -0.05) is 11.6 Å². The van der Waals surface area contributed by atoms with Crippen molar-refractivity contribution in [3.8, 4) is 0 Å². The summed E-state index contributed by atoms with van der Waals surface area (Å²) < 4.78 is 16.9. The highest BCUT2D eigenvalue weighted by atomic mass is 16.7. The topological polar surface area (TPSA) is 52.0 Å². The fourth-order valence-electron chi connectivity index (χ4n) is 3.34. The third-order valence-electron chi connectivity index (χ3n) is 4.43. The van der Waals surface area contributed by atoms with E-state index < -0.39 is 5.60 Å². The van der Waals surface area contributed by atoms with Crippen molar-refractivity contribution in [1.29, 1.82) is 0 Å². The third kappa shape index (κ3) is 1.40.